The zero-order valence-corrected chi connectivity index (χ0v) is 22.5. The van der Waals surface area contributed by atoms with Crippen LogP contribution in [0.15, 0.2) is 48.7 Å². The average molecular weight is 519 g/mol. The first-order valence-corrected chi connectivity index (χ1v) is 13.8. The molecule has 3 aromatic heterocycles. The number of carbonyl (C=O) groups excluding carboxylic acids is 1. The number of benzene rings is 1. The molecule has 194 valence electrons. The lowest BCUT2D eigenvalue weighted by Gasteiger charge is -2.33. The molecule has 8 nitrogen and oxygen atoms in total. The number of hydrogen-bond donors (Lipinski definition) is 1. The number of nitrogens with zero attached hydrogens (tertiary/aromatic N) is 5. The van der Waals surface area contributed by atoms with E-state index in [4.69, 9.17) is 14.7 Å². The van der Waals surface area contributed by atoms with Gasteiger partial charge in [-0.15, -0.1) is 11.3 Å². The van der Waals surface area contributed by atoms with Gasteiger partial charge in [0, 0.05) is 24.0 Å². The van der Waals surface area contributed by atoms with Crippen molar-refractivity contribution in [3.63, 3.8) is 0 Å². The number of pyridine rings is 1. The monoisotopic (exact) mass is 518 g/mol. The van der Waals surface area contributed by atoms with Gasteiger partial charge in [-0.1, -0.05) is 45.4 Å². The number of imidazole rings is 1. The highest BCUT2D eigenvalue weighted by molar-refractivity contribution is 7.15. The number of fused-ring (bicyclic) bond motifs is 1. The molecule has 0 spiro atoms. The van der Waals surface area contributed by atoms with Crippen molar-refractivity contribution in [2.75, 3.05) is 25.0 Å². The molecule has 1 amide bonds. The zero-order chi connectivity index (χ0) is 25.8. The highest BCUT2D eigenvalue weighted by atomic mass is 32.1. The first-order valence-electron chi connectivity index (χ1n) is 13.0. The van der Waals surface area contributed by atoms with Gasteiger partial charge in [0.15, 0.2) is 5.13 Å². The Balaban J connectivity index is 1.28. The molecule has 9 heteroatoms. The van der Waals surface area contributed by atoms with Crippen molar-refractivity contribution in [2.45, 2.75) is 52.7 Å². The molecule has 1 aliphatic rings. The molecule has 0 aliphatic carbocycles. The fraction of sp³-hybridized carbons (Fsp3) is 0.429. The fourth-order valence-corrected chi connectivity index (χ4v) is 5.57. The first kappa shape index (κ1) is 25.4. The maximum atomic E-state index is 13.5. The highest BCUT2D eigenvalue weighted by Crippen LogP contribution is 2.26. The molecule has 1 fully saturated rings. The number of aryl methyl sites for hydroxylation is 1. The van der Waals surface area contributed by atoms with Gasteiger partial charge in [-0.25, -0.2) is 15.0 Å². The zero-order valence-electron chi connectivity index (χ0n) is 21.7. The lowest BCUT2D eigenvalue weighted by atomic mass is 10.1. The maximum Gasteiger partial charge on any atom is 0.242 e. The van der Waals surface area contributed by atoms with E-state index in [9.17, 15) is 4.79 Å². The Morgan fingerprint density at radius 2 is 2.05 bits per heavy atom. The predicted octanol–water partition coefficient (Wildman–Crippen LogP) is 5.38. The highest BCUT2D eigenvalue weighted by Gasteiger charge is 2.27. The summed E-state index contributed by atoms with van der Waals surface area (Å²) in [5, 5.41) is 4.15. The summed E-state index contributed by atoms with van der Waals surface area (Å²) in [4.78, 5) is 30.7. The van der Waals surface area contributed by atoms with Crippen molar-refractivity contribution in [2.24, 2.45) is 5.92 Å². The van der Waals surface area contributed by atoms with Crippen LogP contribution >= 0.6 is 11.3 Å². The van der Waals surface area contributed by atoms with E-state index < -0.39 is 0 Å². The van der Waals surface area contributed by atoms with Crippen molar-refractivity contribution in [1.29, 1.82) is 0 Å². The van der Waals surface area contributed by atoms with Crippen molar-refractivity contribution >= 4 is 39.2 Å². The van der Waals surface area contributed by atoms with E-state index in [1.807, 2.05) is 53.6 Å². The van der Waals surface area contributed by atoms with Crippen LogP contribution in [0.1, 0.15) is 49.7 Å². The van der Waals surface area contributed by atoms with Crippen molar-refractivity contribution in [3.8, 4) is 0 Å². The second kappa shape index (κ2) is 11.4. The second-order valence-electron chi connectivity index (χ2n) is 9.85. The van der Waals surface area contributed by atoms with Gasteiger partial charge in [0.25, 0.3) is 0 Å². The van der Waals surface area contributed by atoms with E-state index in [1.165, 1.54) is 4.88 Å². The summed E-state index contributed by atoms with van der Waals surface area (Å²) in [5.74, 6) is 2.21. The summed E-state index contributed by atoms with van der Waals surface area (Å²) in [6.45, 7) is 8.30. The van der Waals surface area contributed by atoms with E-state index in [-0.39, 0.29) is 18.6 Å². The largest absolute Gasteiger partial charge is 0.368 e. The molecule has 1 saturated heterocycles. The fourth-order valence-electron chi connectivity index (χ4n) is 4.65. The molecule has 1 N–H and O–H groups in total. The van der Waals surface area contributed by atoms with Gasteiger partial charge in [-0.2, -0.15) is 0 Å². The van der Waals surface area contributed by atoms with Crippen LogP contribution in [-0.4, -0.2) is 50.0 Å². The van der Waals surface area contributed by atoms with Gasteiger partial charge in [0.1, 0.15) is 24.3 Å². The van der Waals surface area contributed by atoms with Crippen LogP contribution in [-0.2, 0) is 28.9 Å². The van der Waals surface area contributed by atoms with Crippen LogP contribution in [0, 0.1) is 5.92 Å². The third-order valence-corrected chi connectivity index (χ3v) is 7.39. The number of hydrogen-bond acceptors (Lipinski definition) is 7. The normalized spacial score (nSPS) is 16.0. The van der Waals surface area contributed by atoms with Crippen LogP contribution < -0.4 is 5.32 Å². The Hall–Kier alpha value is -3.30. The molecule has 4 heterocycles. The molecular formula is C28H34N6O2S. The van der Waals surface area contributed by atoms with Crippen LogP contribution in [0.4, 0.5) is 10.9 Å². The van der Waals surface area contributed by atoms with E-state index in [0.717, 1.165) is 52.8 Å². The minimum absolute atomic E-state index is 0.0713. The first-order chi connectivity index (χ1) is 18.0. The maximum absolute atomic E-state index is 13.5. The van der Waals surface area contributed by atoms with Crippen LogP contribution in [0.5, 0.6) is 0 Å². The molecule has 0 saturated carbocycles. The summed E-state index contributed by atoms with van der Waals surface area (Å²) in [6.07, 6.45) is 4.60. The number of thiazole rings is 1. The third kappa shape index (κ3) is 5.99. The Morgan fingerprint density at radius 3 is 2.89 bits per heavy atom. The molecule has 1 aliphatic heterocycles. The minimum Gasteiger partial charge on any atom is -0.368 e. The Labute approximate surface area is 221 Å². The van der Waals surface area contributed by atoms with Crippen LogP contribution in [0.2, 0.25) is 0 Å². The smallest absolute Gasteiger partial charge is 0.242 e. The number of ether oxygens (including phenoxy) is 1. The Morgan fingerprint density at radius 1 is 1.19 bits per heavy atom. The molecule has 1 unspecified atom stereocenters. The molecule has 0 bridgehead atoms. The lowest BCUT2D eigenvalue weighted by molar-refractivity contribution is -0.139. The topological polar surface area (TPSA) is 85.2 Å². The van der Waals surface area contributed by atoms with Crippen molar-refractivity contribution in [1.82, 2.24) is 24.4 Å². The van der Waals surface area contributed by atoms with Crippen molar-refractivity contribution < 1.29 is 9.53 Å². The van der Waals surface area contributed by atoms with E-state index >= 15 is 0 Å². The SMILES string of the molecule is CCCc1cnc(Nc2cccc(C3CN(C(=O)Cn4c(CC(C)C)nc5ccccc54)CCO3)n2)s1. The Bertz CT molecular complexity index is 1360. The molecular weight excluding hydrogens is 484 g/mol. The summed E-state index contributed by atoms with van der Waals surface area (Å²) < 4.78 is 8.13. The molecule has 1 atom stereocenters. The van der Waals surface area contributed by atoms with Gasteiger partial charge in [-0.3, -0.25) is 4.79 Å². The van der Waals surface area contributed by atoms with Crippen LogP contribution in [0.3, 0.4) is 0 Å². The van der Waals surface area contributed by atoms with Gasteiger partial charge < -0.3 is 19.5 Å². The third-order valence-electron chi connectivity index (χ3n) is 6.42. The van der Waals surface area contributed by atoms with Crippen molar-refractivity contribution in [3.05, 3.63) is 65.1 Å². The molecule has 1 aromatic carbocycles. The molecule has 37 heavy (non-hydrogen) atoms. The summed E-state index contributed by atoms with van der Waals surface area (Å²) in [5.41, 5.74) is 2.74. The number of nitrogens with one attached hydrogen (secondary N) is 1. The standard InChI is InChI=1S/C28H34N6O2S/c1-4-8-20-16-29-28(37-20)32-25-12-7-10-22(30-25)24-17-33(13-14-36-24)27(35)18-34-23-11-6-5-9-21(23)31-26(34)15-19(2)3/h5-7,9-12,16,19,24H,4,8,13-15,17-18H2,1-3H3,(H,29,30,32). The summed E-state index contributed by atoms with van der Waals surface area (Å²) in [6, 6.07) is 13.9. The van der Waals surface area contributed by atoms with Gasteiger partial charge in [0.2, 0.25) is 5.91 Å². The second-order valence-corrected chi connectivity index (χ2v) is 11.0. The number of carbonyl (C=O) groups is 1. The quantitative estimate of drug-likeness (QED) is 0.320. The van der Waals surface area contributed by atoms with E-state index in [1.54, 1.807) is 11.3 Å². The Kier molecular flexibility index (Phi) is 7.81. The number of anilines is 2. The van der Waals surface area contributed by atoms with Gasteiger partial charge >= 0.3 is 0 Å². The number of morpholine rings is 1. The lowest BCUT2D eigenvalue weighted by Crippen LogP contribution is -2.44. The number of rotatable bonds is 9. The predicted molar refractivity (Wildman–Crippen MR) is 147 cm³/mol. The number of para-hydroxylation sites is 2. The molecule has 5 rings (SSSR count). The van der Waals surface area contributed by atoms with E-state index in [2.05, 4.69) is 35.6 Å². The van der Waals surface area contributed by atoms with E-state index in [0.29, 0.717) is 25.6 Å². The van der Waals surface area contributed by atoms with Gasteiger partial charge in [-0.05, 0) is 36.6 Å². The number of amides is 1. The number of aromatic nitrogens is 4. The average Bonchev–Trinajstić information content (AvgIpc) is 3.48. The van der Waals surface area contributed by atoms with Crippen LogP contribution in [0.25, 0.3) is 11.0 Å². The summed E-state index contributed by atoms with van der Waals surface area (Å²) in [7, 11) is 0. The summed E-state index contributed by atoms with van der Waals surface area (Å²) >= 11 is 1.65. The molecule has 0 radical (unpaired) electrons. The minimum atomic E-state index is -0.277. The molecule has 4 aromatic rings. The van der Waals surface area contributed by atoms with Gasteiger partial charge in [0.05, 0.1) is 29.9 Å².